The van der Waals surface area contributed by atoms with E-state index >= 15 is 0 Å². The molecular weight excluding hydrogens is 459 g/mol. The van der Waals surface area contributed by atoms with Gasteiger partial charge in [0.15, 0.2) is 0 Å². The van der Waals surface area contributed by atoms with E-state index in [1.807, 2.05) is 41.4 Å². The minimum atomic E-state index is -0.0583. The fraction of sp³-hybridized carbons (Fsp3) is 0.364. The number of hydrogen-bond donors (Lipinski definition) is 1. The van der Waals surface area contributed by atoms with Crippen LogP contribution in [0.5, 0.6) is 0 Å². The van der Waals surface area contributed by atoms with Crippen molar-refractivity contribution in [2.45, 2.75) is 32.2 Å². The van der Waals surface area contributed by atoms with Crippen LogP contribution in [-0.4, -0.2) is 28.8 Å². The number of anilines is 1. The first-order valence-electron chi connectivity index (χ1n) is 10.1. The summed E-state index contributed by atoms with van der Waals surface area (Å²) in [5.41, 5.74) is 6.14. The normalized spacial score (nSPS) is 22.1. The summed E-state index contributed by atoms with van der Waals surface area (Å²) in [7, 11) is 0. The molecule has 2 aliphatic rings. The van der Waals surface area contributed by atoms with Crippen molar-refractivity contribution in [2.24, 2.45) is 11.0 Å². The molecule has 30 heavy (non-hydrogen) atoms. The molecule has 8 heteroatoms. The van der Waals surface area contributed by atoms with E-state index in [-0.39, 0.29) is 12.0 Å². The van der Waals surface area contributed by atoms with E-state index in [0.29, 0.717) is 20.1 Å². The smallest absolute Gasteiger partial charge is 0.137 e. The summed E-state index contributed by atoms with van der Waals surface area (Å²) in [5, 5.41) is 10.9. The van der Waals surface area contributed by atoms with E-state index in [2.05, 4.69) is 17.4 Å². The Morgan fingerprint density at radius 2 is 1.67 bits per heavy atom. The Labute approximate surface area is 197 Å². The molecule has 4 nitrogen and oxygen atoms in total. The summed E-state index contributed by atoms with van der Waals surface area (Å²) in [6.45, 7) is 4.14. The quantitative estimate of drug-likeness (QED) is 0.504. The van der Waals surface area contributed by atoms with Crippen LogP contribution in [0, 0.1) is 5.92 Å². The zero-order valence-corrected chi connectivity index (χ0v) is 19.7. The number of benzene rings is 2. The van der Waals surface area contributed by atoms with Gasteiger partial charge in [0.05, 0.1) is 16.8 Å². The second kappa shape index (κ2) is 9.41. The molecule has 0 aromatic heterocycles. The van der Waals surface area contributed by atoms with E-state index in [4.69, 9.17) is 52.1 Å². The van der Waals surface area contributed by atoms with Gasteiger partial charge < -0.3 is 5.43 Å². The second-order valence-electron chi connectivity index (χ2n) is 7.70. The van der Waals surface area contributed by atoms with Crippen LogP contribution < -0.4 is 10.4 Å². The molecule has 158 valence electrons. The van der Waals surface area contributed by atoms with Gasteiger partial charge in [0, 0.05) is 29.1 Å². The van der Waals surface area contributed by atoms with Crippen molar-refractivity contribution in [3.05, 3.63) is 63.1 Å². The van der Waals surface area contributed by atoms with Crippen molar-refractivity contribution >= 4 is 63.4 Å². The van der Waals surface area contributed by atoms with Crippen molar-refractivity contribution < 1.29 is 0 Å². The van der Waals surface area contributed by atoms with Gasteiger partial charge in [0.2, 0.25) is 0 Å². The van der Waals surface area contributed by atoms with Gasteiger partial charge in [-0.2, -0.15) is 5.10 Å². The van der Waals surface area contributed by atoms with Crippen LogP contribution in [0.25, 0.3) is 0 Å². The average molecular weight is 482 g/mol. The molecule has 1 saturated heterocycles. The Morgan fingerprint density at radius 1 is 1.00 bits per heavy atom. The number of hydrazine groups is 1. The van der Waals surface area contributed by atoms with E-state index in [1.165, 1.54) is 19.3 Å². The van der Waals surface area contributed by atoms with E-state index < -0.39 is 0 Å². The Bertz CT molecular complexity index is 957. The lowest BCUT2D eigenvalue weighted by Gasteiger charge is -2.29. The van der Waals surface area contributed by atoms with Crippen molar-refractivity contribution in [2.75, 3.05) is 18.1 Å². The molecule has 0 amide bonds. The summed E-state index contributed by atoms with van der Waals surface area (Å²) in [5.74, 6) is 0.0581. The van der Waals surface area contributed by atoms with Gasteiger partial charge in [-0.15, -0.1) is 0 Å². The molecule has 0 spiro atoms. The monoisotopic (exact) mass is 480 g/mol. The number of hydrogen-bond acceptors (Lipinski definition) is 4. The summed E-state index contributed by atoms with van der Waals surface area (Å²) in [6.07, 6.45) is 3.62. The lowest BCUT2D eigenvalue weighted by atomic mass is 9.91. The molecule has 1 N–H and O–H groups in total. The van der Waals surface area contributed by atoms with Gasteiger partial charge in [-0.3, -0.25) is 5.01 Å². The fourth-order valence-corrected chi connectivity index (χ4v) is 5.03. The maximum absolute atomic E-state index is 6.55. The van der Waals surface area contributed by atoms with Crippen LogP contribution in [0.1, 0.15) is 37.8 Å². The van der Waals surface area contributed by atoms with Crippen LogP contribution >= 0.6 is 47.0 Å². The van der Waals surface area contributed by atoms with Gasteiger partial charge in [0.25, 0.3) is 0 Å². The van der Waals surface area contributed by atoms with Crippen LogP contribution in [0.15, 0.2) is 47.6 Å². The molecule has 0 aliphatic carbocycles. The molecule has 0 bridgehead atoms. The SMILES string of the molecule is C[C@@H]1C(C(=S)NN2CCCCC2)=NN(c2ccc(Cl)cc2Cl)[C@@H]1c1ccc(Cl)cc1. The van der Waals surface area contributed by atoms with Gasteiger partial charge in [-0.1, -0.05) is 72.5 Å². The topological polar surface area (TPSA) is 30.9 Å². The molecule has 0 saturated carbocycles. The number of piperidine rings is 1. The molecular formula is C22H23Cl3N4S. The fourth-order valence-electron chi connectivity index (χ4n) is 4.05. The lowest BCUT2D eigenvalue weighted by molar-refractivity contribution is 0.197. The molecule has 2 heterocycles. The highest BCUT2D eigenvalue weighted by molar-refractivity contribution is 7.82. The lowest BCUT2D eigenvalue weighted by Crippen LogP contribution is -2.47. The van der Waals surface area contributed by atoms with Gasteiger partial charge >= 0.3 is 0 Å². The molecule has 4 rings (SSSR count). The summed E-state index contributed by atoms with van der Waals surface area (Å²) in [6, 6.07) is 13.2. The first-order chi connectivity index (χ1) is 14.4. The molecule has 2 aliphatic heterocycles. The molecule has 1 fully saturated rings. The van der Waals surface area contributed by atoms with Crippen LogP contribution in [-0.2, 0) is 0 Å². The van der Waals surface area contributed by atoms with E-state index in [0.717, 1.165) is 30.1 Å². The van der Waals surface area contributed by atoms with Crippen LogP contribution in [0.4, 0.5) is 5.69 Å². The second-order valence-corrected chi connectivity index (χ2v) is 9.39. The summed E-state index contributed by atoms with van der Waals surface area (Å²) in [4.78, 5) is 0.663. The average Bonchev–Trinajstić information content (AvgIpc) is 3.06. The van der Waals surface area contributed by atoms with Gasteiger partial charge in [0.1, 0.15) is 10.7 Å². The number of halogens is 3. The Balaban J connectivity index is 1.68. The van der Waals surface area contributed by atoms with Crippen LogP contribution in [0.3, 0.4) is 0 Å². The third-order valence-corrected chi connectivity index (χ3v) is 6.69. The maximum atomic E-state index is 6.55. The predicted molar refractivity (Wildman–Crippen MR) is 131 cm³/mol. The highest BCUT2D eigenvalue weighted by atomic mass is 35.5. The van der Waals surface area contributed by atoms with Crippen molar-refractivity contribution in [3.8, 4) is 0 Å². The van der Waals surface area contributed by atoms with Crippen molar-refractivity contribution in [3.63, 3.8) is 0 Å². The van der Waals surface area contributed by atoms with Gasteiger partial charge in [-0.25, -0.2) is 5.01 Å². The van der Waals surface area contributed by atoms with Gasteiger partial charge in [-0.05, 0) is 48.7 Å². The highest BCUT2D eigenvalue weighted by Gasteiger charge is 2.39. The minimum Gasteiger partial charge on any atom is -0.308 e. The molecule has 2 aromatic carbocycles. The van der Waals surface area contributed by atoms with Crippen molar-refractivity contribution in [1.29, 1.82) is 0 Å². The summed E-state index contributed by atoms with van der Waals surface area (Å²) >= 11 is 24.6. The highest BCUT2D eigenvalue weighted by Crippen LogP contribution is 2.42. The number of hydrazone groups is 1. The first kappa shape index (κ1) is 21.8. The van der Waals surface area contributed by atoms with E-state index in [9.17, 15) is 0 Å². The van der Waals surface area contributed by atoms with E-state index in [1.54, 1.807) is 6.07 Å². The molecule has 0 unspecified atom stereocenters. The molecule has 2 aromatic rings. The Hall–Kier alpha value is -1.37. The Kier molecular flexibility index (Phi) is 6.85. The molecule has 2 atom stereocenters. The number of nitrogens with zero attached hydrogens (tertiary/aromatic N) is 3. The van der Waals surface area contributed by atoms with Crippen molar-refractivity contribution in [1.82, 2.24) is 10.4 Å². The number of nitrogens with one attached hydrogen (secondary N) is 1. The zero-order chi connectivity index (χ0) is 21.3. The number of thiocarbonyl (C=S) groups is 1. The summed E-state index contributed by atoms with van der Waals surface area (Å²) < 4.78 is 0. The predicted octanol–water partition coefficient (Wildman–Crippen LogP) is 6.52. The molecule has 0 radical (unpaired) electrons. The van der Waals surface area contributed by atoms with Crippen LogP contribution in [0.2, 0.25) is 15.1 Å². The third kappa shape index (κ3) is 4.61. The maximum Gasteiger partial charge on any atom is 0.137 e. The number of rotatable bonds is 4. The zero-order valence-electron chi connectivity index (χ0n) is 16.6. The Morgan fingerprint density at radius 3 is 2.33 bits per heavy atom. The standard InChI is InChI=1S/C22H23Cl3N4S/c1-14-20(22(30)27-28-11-3-2-4-12-28)26-29(19-10-9-17(24)13-18(19)25)21(14)15-5-7-16(23)8-6-15/h5-10,13-14,21H,2-4,11-12H2,1H3,(H,27,30)/t14-,21+/m1/s1. The minimum absolute atomic E-state index is 0.0581. The largest absolute Gasteiger partial charge is 0.308 e. The third-order valence-electron chi connectivity index (χ3n) is 5.60. The first-order valence-corrected chi connectivity index (χ1v) is 11.6.